The maximum absolute atomic E-state index is 6.75. The second-order valence-electron chi connectivity index (χ2n) is 16.0. The molecule has 0 aliphatic heterocycles. The van der Waals surface area contributed by atoms with Gasteiger partial charge in [0.1, 0.15) is 11.2 Å². The van der Waals surface area contributed by atoms with E-state index in [9.17, 15) is 0 Å². The van der Waals surface area contributed by atoms with Crippen molar-refractivity contribution in [3.8, 4) is 27.9 Å². The summed E-state index contributed by atoms with van der Waals surface area (Å²) in [5.74, 6) is 0. The van der Waals surface area contributed by atoms with E-state index in [1.807, 2.05) is 11.3 Å². The molecule has 4 heteroatoms. The summed E-state index contributed by atoms with van der Waals surface area (Å²) in [6.07, 6.45) is 0. The van der Waals surface area contributed by atoms with Crippen LogP contribution in [0.1, 0.15) is 0 Å². The van der Waals surface area contributed by atoms with Gasteiger partial charge >= 0.3 is 0 Å². The van der Waals surface area contributed by atoms with Crippen LogP contribution >= 0.6 is 11.3 Å². The molecule has 290 valence electrons. The van der Waals surface area contributed by atoms with Crippen molar-refractivity contribution in [2.24, 2.45) is 0 Å². The molecule has 0 unspecified atom stereocenters. The molecule has 0 aliphatic rings. The average Bonchev–Trinajstić information content (AvgIpc) is 4.02. The van der Waals surface area contributed by atoms with Crippen LogP contribution in [0.5, 0.6) is 0 Å². The summed E-state index contributed by atoms with van der Waals surface area (Å²) in [7, 11) is 0. The van der Waals surface area contributed by atoms with Crippen molar-refractivity contribution in [1.82, 2.24) is 4.57 Å². The van der Waals surface area contributed by atoms with Gasteiger partial charge in [-0.05, 0) is 113 Å². The van der Waals surface area contributed by atoms with Crippen LogP contribution in [0.25, 0.3) is 103 Å². The minimum absolute atomic E-state index is 0.864. The highest BCUT2D eigenvalue weighted by atomic mass is 32.1. The lowest BCUT2D eigenvalue weighted by atomic mass is 9.98. The SMILES string of the molecule is c1ccc(-n2c3ccccc3c3cc(-c4cccc(N(c5ccc(-c6cccc7sc8ccccc8c67)cc5)c5cccc6oc7c8ccccc8ccc7c56)c4)ccc32)cc1. The zero-order valence-corrected chi connectivity index (χ0v) is 34.3. The lowest BCUT2D eigenvalue weighted by Gasteiger charge is -2.27. The number of para-hydroxylation sites is 2. The molecular weight excluding hydrogens is 773 g/mol. The number of rotatable bonds is 6. The van der Waals surface area contributed by atoms with Gasteiger partial charge in [-0.15, -0.1) is 11.3 Å². The molecule has 0 bridgehead atoms. The highest BCUT2D eigenvalue weighted by molar-refractivity contribution is 7.25. The first-order valence-electron chi connectivity index (χ1n) is 21.1. The molecule has 3 nitrogen and oxygen atoms in total. The number of furan rings is 1. The third-order valence-electron chi connectivity index (χ3n) is 12.6. The summed E-state index contributed by atoms with van der Waals surface area (Å²) in [5, 5.41) is 9.56. The average molecular weight is 809 g/mol. The Morgan fingerprint density at radius 3 is 2.02 bits per heavy atom. The number of nitrogens with zero attached hydrogens (tertiary/aromatic N) is 2. The summed E-state index contributed by atoms with van der Waals surface area (Å²) in [4.78, 5) is 2.40. The monoisotopic (exact) mass is 808 g/mol. The standard InChI is InChI=1S/C58H36N2OS/c1-2-15-41(16-3-1)60-50-22-8-6-19-46(50)49-36-40(30-34-51(49)60)39-14-10-17-43(35-39)59(52-23-12-24-53-57(52)48-33-29-37-13-4-5-18-45(37)58(48)61-53)42-31-27-38(28-32-42)44-21-11-26-55-56(44)47-20-7-9-25-54(47)62-55/h1-36H. The van der Waals surface area contributed by atoms with Gasteiger partial charge in [0.05, 0.1) is 22.1 Å². The van der Waals surface area contributed by atoms with E-state index in [0.717, 1.165) is 61.0 Å². The molecule has 0 spiro atoms. The number of aromatic nitrogens is 1. The van der Waals surface area contributed by atoms with Crippen LogP contribution in [0, 0.1) is 0 Å². The highest BCUT2D eigenvalue weighted by Gasteiger charge is 2.22. The Kier molecular flexibility index (Phi) is 7.78. The fraction of sp³-hybridized carbons (Fsp3) is 0. The predicted molar refractivity (Wildman–Crippen MR) is 264 cm³/mol. The van der Waals surface area contributed by atoms with E-state index in [1.165, 1.54) is 58.7 Å². The Morgan fingerprint density at radius 1 is 0.403 bits per heavy atom. The number of fused-ring (bicyclic) bond motifs is 11. The first kappa shape index (κ1) is 34.9. The second kappa shape index (κ2) is 13.8. The maximum Gasteiger partial charge on any atom is 0.143 e. The van der Waals surface area contributed by atoms with E-state index in [1.54, 1.807) is 0 Å². The van der Waals surface area contributed by atoms with E-state index in [0.29, 0.717) is 0 Å². The zero-order valence-electron chi connectivity index (χ0n) is 33.5. The molecule has 3 heterocycles. The van der Waals surface area contributed by atoms with Crippen LogP contribution in [0.4, 0.5) is 17.1 Å². The molecule has 0 N–H and O–H groups in total. The van der Waals surface area contributed by atoms with E-state index < -0.39 is 0 Å². The Labute approximate surface area is 361 Å². The molecule has 62 heavy (non-hydrogen) atoms. The van der Waals surface area contributed by atoms with Crippen LogP contribution in [0.2, 0.25) is 0 Å². The smallest absolute Gasteiger partial charge is 0.143 e. The molecule has 0 radical (unpaired) electrons. The van der Waals surface area contributed by atoms with Crippen molar-refractivity contribution >= 4 is 103 Å². The molecule has 0 fully saturated rings. The van der Waals surface area contributed by atoms with E-state index in [2.05, 4.69) is 228 Å². The minimum atomic E-state index is 0.864. The zero-order chi connectivity index (χ0) is 40.7. The minimum Gasteiger partial charge on any atom is -0.455 e. The number of anilines is 3. The quantitative estimate of drug-likeness (QED) is 0.167. The Balaban J connectivity index is 0.999. The van der Waals surface area contributed by atoms with Gasteiger partial charge in [-0.1, -0.05) is 133 Å². The largest absolute Gasteiger partial charge is 0.455 e. The van der Waals surface area contributed by atoms with Crippen LogP contribution in [0.15, 0.2) is 223 Å². The van der Waals surface area contributed by atoms with Gasteiger partial charge in [0.2, 0.25) is 0 Å². The van der Waals surface area contributed by atoms with Crippen molar-refractivity contribution in [3.05, 3.63) is 218 Å². The van der Waals surface area contributed by atoms with E-state index >= 15 is 0 Å². The number of benzene rings is 10. The van der Waals surface area contributed by atoms with Gasteiger partial charge < -0.3 is 13.9 Å². The normalized spacial score (nSPS) is 11.9. The van der Waals surface area contributed by atoms with Gasteiger partial charge in [-0.3, -0.25) is 0 Å². The van der Waals surface area contributed by atoms with Crippen molar-refractivity contribution in [1.29, 1.82) is 0 Å². The van der Waals surface area contributed by atoms with Gasteiger partial charge in [0, 0.05) is 58.8 Å². The van der Waals surface area contributed by atoms with Crippen LogP contribution in [0.3, 0.4) is 0 Å². The van der Waals surface area contributed by atoms with Crippen LogP contribution < -0.4 is 4.90 Å². The van der Waals surface area contributed by atoms with Crippen molar-refractivity contribution in [3.63, 3.8) is 0 Å². The Bertz CT molecular complexity index is 3870. The van der Waals surface area contributed by atoms with E-state index in [4.69, 9.17) is 4.42 Å². The maximum atomic E-state index is 6.75. The van der Waals surface area contributed by atoms with Gasteiger partial charge in [0.25, 0.3) is 0 Å². The van der Waals surface area contributed by atoms with Gasteiger partial charge in [-0.25, -0.2) is 0 Å². The summed E-state index contributed by atoms with van der Waals surface area (Å²) < 4.78 is 11.7. The summed E-state index contributed by atoms with van der Waals surface area (Å²) in [6.45, 7) is 0. The fourth-order valence-corrected chi connectivity index (χ4v) is 10.9. The molecular formula is C58H36N2OS. The molecule has 0 atom stereocenters. The summed E-state index contributed by atoms with van der Waals surface area (Å²) in [5.41, 5.74) is 13.3. The van der Waals surface area contributed by atoms with Crippen molar-refractivity contribution < 1.29 is 4.42 Å². The lowest BCUT2D eigenvalue weighted by molar-refractivity contribution is 0.672. The highest BCUT2D eigenvalue weighted by Crippen LogP contribution is 2.46. The molecule has 13 aromatic rings. The van der Waals surface area contributed by atoms with Gasteiger partial charge in [-0.2, -0.15) is 0 Å². The summed E-state index contributed by atoms with van der Waals surface area (Å²) >= 11 is 1.86. The van der Waals surface area contributed by atoms with Gasteiger partial charge in [0.15, 0.2) is 0 Å². The fourth-order valence-electron chi connectivity index (χ4n) is 9.79. The lowest BCUT2D eigenvalue weighted by Crippen LogP contribution is -2.10. The Morgan fingerprint density at radius 2 is 1.11 bits per heavy atom. The third-order valence-corrected chi connectivity index (χ3v) is 13.7. The van der Waals surface area contributed by atoms with Crippen molar-refractivity contribution in [2.75, 3.05) is 4.90 Å². The van der Waals surface area contributed by atoms with Crippen molar-refractivity contribution in [2.45, 2.75) is 0 Å². The number of hydrogen-bond donors (Lipinski definition) is 0. The molecule has 3 aromatic heterocycles. The molecule has 0 aliphatic carbocycles. The predicted octanol–water partition coefficient (Wildman–Crippen LogP) is 17.0. The number of thiophene rings is 1. The van der Waals surface area contributed by atoms with Crippen LogP contribution in [-0.2, 0) is 0 Å². The molecule has 0 saturated heterocycles. The van der Waals surface area contributed by atoms with E-state index in [-0.39, 0.29) is 0 Å². The topological polar surface area (TPSA) is 21.3 Å². The van der Waals surface area contributed by atoms with Crippen LogP contribution in [-0.4, -0.2) is 4.57 Å². The first-order valence-corrected chi connectivity index (χ1v) is 21.9. The molecule has 13 rings (SSSR count). The molecule has 0 amide bonds. The molecule has 0 saturated carbocycles. The second-order valence-corrected chi connectivity index (χ2v) is 17.1. The Hall–Kier alpha value is -7.92. The third kappa shape index (κ3) is 5.37. The summed E-state index contributed by atoms with van der Waals surface area (Å²) in [6, 6.07) is 79.2. The molecule has 10 aromatic carbocycles. The number of hydrogen-bond acceptors (Lipinski definition) is 3. The first-order chi connectivity index (χ1) is 30.7.